The van der Waals surface area contributed by atoms with Crippen molar-refractivity contribution in [2.24, 2.45) is 0 Å². The van der Waals surface area contributed by atoms with E-state index >= 15 is 0 Å². The van der Waals surface area contributed by atoms with E-state index in [1.807, 2.05) is 24.3 Å². The van der Waals surface area contributed by atoms with Crippen molar-refractivity contribution in [1.29, 1.82) is 5.41 Å². The minimum atomic E-state index is 0.437. The maximum Gasteiger partial charge on any atom is 0.118 e. The first-order chi connectivity index (χ1) is 7.19. The van der Waals surface area contributed by atoms with Gasteiger partial charge in [0, 0.05) is 18.8 Å². The average Bonchev–Trinajstić information content (AvgIpc) is 2.28. The summed E-state index contributed by atoms with van der Waals surface area (Å²) in [5.41, 5.74) is 1.28. The minimum absolute atomic E-state index is 0.437. The standard InChI is InChI=1S/C11H13BrN2O/c1-14-7-10(12)11(13)8-3-5-9(15-2)6-4-8/h3-7,13-14H,1-2H3/b10-7+,13-11?. The number of allylic oxidation sites excluding steroid dienone is 1. The van der Waals surface area contributed by atoms with Crippen molar-refractivity contribution in [3.63, 3.8) is 0 Å². The Morgan fingerprint density at radius 1 is 1.40 bits per heavy atom. The maximum absolute atomic E-state index is 7.87. The van der Waals surface area contributed by atoms with Crippen LogP contribution in [-0.2, 0) is 0 Å². The quantitative estimate of drug-likeness (QED) is 0.825. The van der Waals surface area contributed by atoms with Gasteiger partial charge in [-0.05, 0) is 40.2 Å². The minimum Gasteiger partial charge on any atom is -0.497 e. The average molecular weight is 269 g/mol. The predicted molar refractivity (Wildman–Crippen MR) is 65.9 cm³/mol. The monoisotopic (exact) mass is 268 g/mol. The normalized spacial score (nSPS) is 11.0. The third-order valence-electron chi connectivity index (χ3n) is 1.89. The number of hydrogen-bond donors (Lipinski definition) is 2. The SMILES string of the molecule is CN/C=C(/Br)C(=N)c1ccc(OC)cc1. The molecule has 1 aromatic rings. The first-order valence-corrected chi connectivity index (χ1v) is 5.24. The van der Waals surface area contributed by atoms with Crippen molar-refractivity contribution in [3.8, 4) is 5.75 Å². The van der Waals surface area contributed by atoms with Gasteiger partial charge in [0.2, 0.25) is 0 Å². The third kappa shape index (κ3) is 3.09. The van der Waals surface area contributed by atoms with Gasteiger partial charge in [-0.25, -0.2) is 0 Å². The van der Waals surface area contributed by atoms with E-state index in [1.165, 1.54) is 0 Å². The van der Waals surface area contributed by atoms with Crippen molar-refractivity contribution in [3.05, 3.63) is 40.5 Å². The van der Waals surface area contributed by atoms with E-state index in [9.17, 15) is 0 Å². The van der Waals surface area contributed by atoms with Gasteiger partial charge in [-0.3, -0.25) is 5.41 Å². The molecule has 1 aromatic carbocycles. The maximum atomic E-state index is 7.87. The molecule has 0 saturated heterocycles. The summed E-state index contributed by atoms with van der Waals surface area (Å²) in [5, 5.41) is 10.7. The van der Waals surface area contributed by atoms with E-state index in [2.05, 4.69) is 21.2 Å². The highest BCUT2D eigenvalue weighted by atomic mass is 79.9. The molecule has 0 amide bonds. The molecule has 0 aliphatic rings. The van der Waals surface area contributed by atoms with E-state index in [4.69, 9.17) is 10.1 Å². The molecular weight excluding hydrogens is 256 g/mol. The fraction of sp³-hybridized carbons (Fsp3) is 0.182. The van der Waals surface area contributed by atoms with Crippen LogP contribution in [-0.4, -0.2) is 19.9 Å². The van der Waals surface area contributed by atoms with Crippen molar-refractivity contribution in [2.45, 2.75) is 0 Å². The van der Waals surface area contributed by atoms with Gasteiger partial charge in [0.1, 0.15) is 5.75 Å². The van der Waals surface area contributed by atoms with Gasteiger partial charge < -0.3 is 10.1 Å². The van der Waals surface area contributed by atoms with Crippen LogP contribution in [0.3, 0.4) is 0 Å². The molecule has 0 heterocycles. The third-order valence-corrected chi connectivity index (χ3v) is 2.51. The fourth-order valence-electron chi connectivity index (χ4n) is 1.09. The molecule has 15 heavy (non-hydrogen) atoms. The number of hydrogen-bond acceptors (Lipinski definition) is 3. The summed E-state index contributed by atoms with van der Waals surface area (Å²) in [7, 11) is 3.42. The van der Waals surface area contributed by atoms with Gasteiger partial charge in [0.25, 0.3) is 0 Å². The number of halogens is 1. The molecule has 0 aliphatic heterocycles. The molecular formula is C11H13BrN2O. The van der Waals surface area contributed by atoms with Crippen molar-refractivity contribution in [1.82, 2.24) is 5.32 Å². The topological polar surface area (TPSA) is 45.1 Å². The summed E-state index contributed by atoms with van der Waals surface area (Å²) in [5.74, 6) is 0.792. The van der Waals surface area contributed by atoms with E-state index in [0.717, 1.165) is 15.8 Å². The predicted octanol–water partition coefficient (Wildman–Crippen LogP) is 2.52. The molecule has 0 bridgehead atoms. The van der Waals surface area contributed by atoms with Crippen molar-refractivity contribution >= 4 is 21.6 Å². The van der Waals surface area contributed by atoms with Gasteiger partial charge in [0.15, 0.2) is 0 Å². The van der Waals surface area contributed by atoms with E-state index in [-0.39, 0.29) is 0 Å². The molecule has 1 rings (SSSR count). The number of methoxy groups -OCH3 is 1. The lowest BCUT2D eigenvalue weighted by Gasteiger charge is -2.04. The van der Waals surface area contributed by atoms with Crippen LogP contribution in [0.4, 0.5) is 0 Å². The van der Waals surface area contributed by atoms with Gasteiger partial charge >= 0.3 is 0 Å². The summed E-state index contributed by atoms with van der Waals surface area (Å²) in [6, 6.07) is 7.38. The van der Waals surface area contributed by atoms with Crippen molar-refractivity contribution < 1.29 is 4.74 Å². The molecule has 0 aliphatic carbocycles. The molecule has 0 fully saturated rings. The molecule has 4 heteroatoms. The Kier molecular flexibility index (Phi) is 4.37. The van der Waals surface area contributed by atoms with E-state index in [0.29, 0.717) is 5.71 Å². The fourth-order valence-corrected chi connectivity index (χ4v) is 1.55. The Labute approximate surface area is 97.8 Å². The number of benzene rings is 1. The Balaban J connectivity index is 2.87. The van der Waals surface area contributed by atoms with E-state index in [1.54, 1.807) is 20.4 Å². The Hall–Kier alpha value is -1.29. The molecule has 0 atom stereocenters. The number of nitrogens with one attached hydrogen (secondary N) is 2. The van der Waals surface area contributed by atoms with Crippen LogP contribution in [0.2, 0.25) is 0 Å². The first-order valence-electron chi connectivity index (χ1n) is 4.45. The summed E-state index contributed by atoms with van der Waals surface area (Å²) in [6.07, 6.45) is 1.73. The summed E-state index contributed by atoms with van der Waals surface area (Å²) in [6.45, 7) is 0. The number of rotatable bonds is 4. The van der Waals surface area contributed by atoms with E-state index < -0.39 is 0 Å². The van der Waals surface area contributed by atoms with Crippen LogP contribution in [0.15, 0.2) is 34.9 Å². The molecule has 0 saturated carbocycles. The summed E-state index contributed by atoms with van der Waals surface area (Å²) in [4.78, 5) is 0. The van der Waals surface area contributed by atoms with Crippen LogP contribution in [0, 0.1) is 5.41 Å². The van der Waals surface area contributed by atoms with Crippen molar-refractivity contribution in [2.75, 3.05) is 14.2 Å². The molecule has 0 unspecified atom stereocenters. The Morgan fingerprint density at radius 2 is 2.00 bits per heavy atom. The Morgan fingerprint density at radius 3 is 2.47 bits per heavy atom. The number of ether oxygens (including phenoxy) is 1. The summed E-state index contributed by atoms with van der Waals surface area (Å²) >= 11 is 3.32. The largest absolute Gasteiger partial charge is 0.497 e. The lowest BCUT2D eigenvalue weighted by atomic mass is 10.1. The van der Waals surface area contributed by atoms with Crippen LogP contribution in [0.1, 0.15) is 5.56 Å². The molecule has 2 N–H and O–H groups in total. The molecule has 3 nitrogen and oxygen atoms in total. The van der Waals surface area contributed by atoms with Crippen LogP contribution < -0.4 is 10.1 Å². The second-order valence-electron chi connectivity index (χ2n) is 2.88. The highest BCUT2D eigenvalue weighted by Gasteiger charge is 2.04. The second kappa shape index (κ2) is 5.56. The van der Waals surface area contributed by atoms with Crippen LogP contribution in [0.25, 0.3) is 0 Å². The molecule has 0 aromatic heterocycles. The summed E-state index contributed by atoms with van der Waals surface area (Å²) < 4.78 is 5.77. The first kappa shape index (κ1) is 11.8. The van der Waals surface area contributed by atoms with Gasteiger partial charge in [-0.2, -0.15) is 0 Å². The zero-order chi connectivity index (χ0) is 11.3. The zero-order valence-corrected chi connectivity index (χ0v) is 10.3. The van der Waals surface area contributed by atoms with Crippen LogP contribution >= 0.6 is 15.9 Å². The molecule has 0 spiro atoms. The lowest BCUT2D eigenvalue weighted by Crippen LogP contribution is -2.03. The highest BCUT2D eigenvalue weighted by molar-refractivity contribution is 9.12. The second-order valence-corrected chi connectivity index (χ2v) is 3.74. The van der Waals surface area contributed by atoms with Gasteiger partial charge in [0.05, 0.1) is 17.3 Å². The zero-order valence-electron chi connectivity index (χ0n) is 8.67. The van der Waals surface area contributed by atoms with Crippen LogP contribution in [0.5, 0.6) is 5.75 Å². The smallest absolute Gasteiger partial charge is 0.118 e. The van der Waals surface area contributed by atoms with Gasteiger partial charge in [-0.15, -0.1) is 0 Å². The lowest BCUT2D eigenvalue weighted by molar-refractivity contribution is 0.415. The van der Waals surface area contributed by atoms with Gasteiger partial charge in [-0.1, -0.05) is 0 Å². The Bertz CT molecular complexity index is 371. The molecule has 0 radical (unpaired) electrons. The molecule has 80 valence electrons. The highest BCUT2D eigenvalue weighted by Crippen LogP contribution is 2.16.